The quantitative estimate of drug-likeness (QED) is 0.693. The van der Waals surface area contributed by atoms with Crippen molar-refractivity contribution in [2.24, 2.45) is 0 Å². The highest BCUT2D eigenvalue weighted by Crippen LogP contribution is 2.08. The number of unbranched alkanes of at least 4 members (excludes halogenated alkanes) is 1. The number of aliphatic hydroxyl groups is 1. The smallest absolute Gasteiger partial charge is 0.330 e. The van der Waals surface area contributed by atoms with Crippen LogP contribution in [0.1, 0.15) is 38.4 Å². The van der Waals surface area contributed by atoms with E-state index in [2.05, 4.69) is 17.1 Å². The Balaban J connectivity index is 2.61. The van der Waals surface area contributed by atoms with Gasteiger partial charge in [-0.2, -0.15) is 0 Å². The summed E-state index contributed by atoms with van der Waals surface area (Å²) in [7, 11) is 0. The summed E-state index contributed by atoms with van der Waals surface area (Å²) in [5.41, 5.74) is 0.0118. The van der Waals surface area contributed by atoms with Crippen molar-refractivity contribution in [1.29, 1.82) is 0 Å². The monoisotopic (exact) mass is 268 g/mol. The van der Waals surface area contributed by atoms with Crippen LogP contribution in [0.5, 0.6) is 0 Å². The second kappa shape index (κ2) is 7.70. The van der Waals surface area contributed by atoms with Crippen molar-refractivity contribution >= 4 is 5.97 Å². The number of rotatable bonds is 7. The third-order valence-corrected chi connectivity index (χ3v) is 2.57. The van der Waals surface area contributed by atoms with Crippen LogP contribution >= 0.6 is 0 Å². The van der Waals surface area contributed by atoms with Crippen molar-refractivity contribution in [1.82, 2.24) is 10.0 Å². The Morgan fingerprint density at radius 2 is 2.32 bits per heavy atom. The molecule has 1 rings (SSSR count). The SMILES string of the molecule is CCCCNCC(O)c1ccn(OC(C)=O)c(=O)c1. The van der Waals surface area contributed by atoms with Crippen LogP contribution in [0.15, 0.2) is 23.1 Å². The lowest BCUT2D eigenvalue weighted by atomic mass is 10.1. The number of carbonyl (C=O) groups is 1. The van der Waals surface area contributed by atoms with Crippen LogP contribution < -0.4 is 15.7 Å². The largest absolute Gasteiger partial charge is 0.387 e. The molecular weight excluding hydrogens is 248 g/mol. The van der Waals surface area contributed by atoms with Crippen LogP contribution in [-0.2, 0) is 4.79 Å². The zero-order valence-electron chi connectivity index (χ0n) is 11.3. The van der Waals surface area contributed by atoms with E-state index < -0.39 is 17.6 Å². The summed E-state index contributed by atoms with van der Waals surface area (Å²) in [6, 6.07) is 2.81. The highest BCUT2D eigenvalue weighted by molar-refractivity contribution is 5.66. The summed E-state index contributed by atoms with van der Waals surface area (Å²) in [5, 5.41) is 13.0. The van der Waals surface area contributed by atoms with E-state index in [4.69, 9.17) is 0 Å². The van der Waals surface area contributed by atoms with Crippen LogP contribution in [0.4, 0.5) is 0 Å². The van der Waals surface area contributed by atoms with E-state index >= 15 is 0 Å². The van der Waals surface area contributed by atoms with Crippen molar-refractivity contribution in [2.45, 2.75) is 32.8 Å². The summed E-state index contributed by atoms with van der Waals surface area (Å²) in [6.07, 6.45) is 2.70. The lowest BCUT2D eigenvalue weighted by molar-refractivity contribution is -0.141. The topological polar surface area (TPSA) is 80.6 Å². The summed E-state index contributed by atoms with van der Waals surface area (Å²) in [4.78, 5) is 27.0. The fourth-order valence-corrected chi connectivity index (χ4v) is 1.56. The maximum Gasteiger partial charge on any atom is 0.330 e. The Bertz CT molecular complexity index is 470. The lowest BCUT2D eigenvalue weighted by Crippen LogP contribution is -2.30. The van der Waals surface area contributed by atoms with E-state index in [0.29, 0.717) is 12.1 Å². The van der Waals surface area contributed by atoms with Crippen molar-refractivity contribution in [3.8, 4) is 0 Å². The molecule has 0 saturated carbocycles. The molecule has 1 aromatic rings. The van der Waals surface area contributed by atoms with E-state index in [1.54, 1.807) is 6.07 Å². The number of hydrogen-bond acceptors (Lipinski definition) is 5. The third kappa shape index (κ3) is 5.23. The van der Waals surface area contributed by atoms with Gasteiger partial charge in [0.1, 0.15) is 0 Å². The molecule has 0 aliphatic rings. The Labute approximate surface area is 112 Å². The number of aliphatic hydroxyl groups excluding tert-OH is 1. The molecule has 0 fully saturated rings. The van der Waals surface area contributed by atoms with E-state index in [1.807, 2.05) is 0 Å². The molecule has 0 saturated heterocycles. The summed E-state index contributed by atoms with van der Waals surface area (Å²) >= 11 is 0. The fraction of sp³-hybridized carbons (Fsp3) is 0.538. The molecule has 6 heteroatoms. The number of nitrogens with zero attached hydrogens (tertiary/aromatic N) is 1. The fourth-order valence-electron chi connectivity index (χ4n) is 1.56. The highest BCUT2D eigenvalue weighted by Gasteiger charge is 2.09. The van der Waals surface area contributed by atoms with Crippen molar-refractivity contribution in [3.05, 3.63) is 34.2 Å². The van der Waals surface area contributed by atoms with Crippen molar-refractivity contribution < 1.29 is 14.7 Å². The van der Waals surface area contributed by atoms with Gasteiger partial charge in [0, 0.05) is 25.7 Å². The molecule has 106 valence electrons. The number of pyridine rings is 1. The van der Waals surface area contributed by atoms with E-state index in [9.17, 15) is 14.7 Å². The standard InChI is InChI=1S/C13H20N2O4/c1-3-4-6-14-9-12(17)11-5-7-15(13(18)8-11)19-10(2)16/h5,7-8,12,14,17H,3-4,6,9H2,1-2H3. The maximum absolute atomic E-state index is 11.6. The number of hydrogen-bond donors (Lipinski definition) is 2. The van der Waals surface area contributed by atoms with Crippen LogP contribution in [0.2, 0.25) is 0 Å². The molecule has 0 radical (unpaired) electrons. The molecule has 1 aromatic heterocycles. The predicted molar refractivity (Wildman–Crippen MR) is 70.7 cm³/mol. The van der Waals surface area contributed by atoms with Gasteiger partial charge in [-0.05, 0) is 24.6 Å². The molecule has 0 aliphatic carbocycles. The van der Waals surface area contributed by atoms with E-state index in [-0.39, 0.29) is 0 Å². The average molecular weight is 268 g/mol. The van der Waals surface area contributed by atoms with Gasteiger partial charge in [0.2, 0.25) is 0 Å². The van der Waals surface area contributed by atoms with Gasteiger partial charge in [0.15, 0.2) is 0 Å². The minimum Gasteiger partial charge on any atom is -0.387 e. The molecule has 1 atom stereocenters. The normalized spacial score (nSPS) is 12.2. The molecule has 1 heterocycles. The summed E-state index contributed by atoms with van der Waals surface area (Å²) < 4.78 is 0.836. The molecule has 0 bridgehead atoms. The first-order valence-electron chi connectivity index (χ1n) is 6.35. The summed E-state index contributed by atoms with van der Waals surface area (Å²) in [5.74, 6) is -0.573. The Hall–Kier alpha value is -1.66. The first kappa shape index (κ1) is 15.4. The van der Waals surface area contributed by atoms with Crippen LogP contribution in [0, 0.1) is 0 Å². The van der Waals surface area contributed by atoms with Gasteiger partial charge in [0.05, 0.1) is 6.10 Å². The Morgan fingerprint density at radius 1 is 1.58 bits per heavy atom. The zero-order valence-corrected chi connectivity index (χ0v) is 11.3. The summed E-state index contributed by atoms with van der Waals surface area (Å²) in [6.45, 7) is 4.52. The van der Waals surface area contributed by atoms with Crippen LogP contribution in [-0.4, -0.2) is 28.9 Å². The lowest BCUT2D eigenvalue weighted by Gasteiger charge is -2.12. The molecule has 0 spiro atoms. The van der Waals surface area contributed by atoms with Crippen LogP contribution in [0.25, 0.3) is 0 Å². The molecule has 0 aromatic carbocycles. The van der Waals surface area contributed by atoms with Gasteiger partial charge >= 0.3 is 5.97 Å². The van der Waals surface area contributed by atoms with Gasteiger partial charge < -0.3 is 15.3 Å². The Kier molecular flexibility index (Phi) is 6.24. The molecule has 1 unspecified atom stereocenters. The predicted octanol–water partition coefficient (Wildman–Crippen LogP) is 0.246. The van der Waals surface area contributed by atoms with Crippen LogP contribution in [0.3, 0.4) is 0 Å². The van der Waals surface area contributed by atoms with E-state index in [0.717, 1.165) is 24.1 Å². The number of nitrogens with one attached hydrogen (secondary N) is 1. The van der Waals surface area contributed by atoms with Gasteiger partial charge in [-0.1, -0.05) is 13.3 Å². The molecule has 0 aliphatic heterocycles. The number of aromatic nitrogens is 1. The first-order valence-corrected chi connectivity index (χ1v) is 6.35. The minimum absolute atomic E-state index is 0.386. The first-order chi connectivity index (χ1) is 9.04. The number of carbonyl (C=O) groups excluding carboxylic acids is 1. The van der Waals surface area contributed by atoms with Gasteiger partial charge in [0.25, 0.3) is 5.56 Å². The molecular formula is C13H20N2O4. The second-order valence-corrected chi connectivity index (χ2v) is 4.28. The third-order valence-electron chi connectivity index (χ3n) is 2.57. The zero-order chi connectivity index (χ0) is 14.3. The maximum atomic E-state index is 11.6. The Morgan fingerprint density at radius 3 is 2.89 bits per heavy atom. The molecule has 0 amide bonds. The van der Waals surface area contributed by atoms with Gasteiger partial charge in [-0.15, -0.1) is 4.73 Å². The van der Waals surface area contributed by atoms with Gasteiger partial charge in [-0.3, -0.25) is 4.79 Å². The average Bonchev–Trinajstić information content (AvgIpc) is 2.36. The van der Waals surface area contributed by atoms with E-state index in [1.165, 1.54) is 19.2 Å². The van der Waals surface area contributed by atoms with Crippen molar-refractivity contribution in [2.75, 3.05) is 13.1 Å². The second-order valence-electron chi connectivity index (χ2n) is 4.28. The minimum atomic E-state index is -0.753. The molecule has 2 N–H and O–H groups in total. The molecule has 6 nitrogen and oxygen atoms in total. The van der Waals surface area contributed by atoms with Gasteiger partial charge in [-0.25, -0.2) is 4.79 Å². The van der Waals surface area contributed by atoms with Crippen molar-refractivity contribution in [3.63, 3.8) is 0 Å². The molecule has 19 heavy (non-hydrogen) atoms. The highest BCUT2D eigenvalue weighted by atomic mass is 16.7.